The van der Waals surface area contributed by atoms with E-state index >= 15 is 0 Å². The average Bonchev–Trinajstić information content (AvgIpc) is 2.92. The van der Waals surface area contributed by atoms with Crippen LogP contribution < -0.4 is 10.9 Å². The van der Waals surface area contributed by atoms with E-state index in [9.17, 15) is 14.0 Å². The lowest BCUT2D eigenvalue weighted by molar-refractivity contribution is 0.0949. The Balaban J connectivity index is 1.57. The summed E-state index contributed by atoms with van der Waals surface area (Å²) in [5.41, 5.74) is 3.05. The van der Waals surface area contributed by atoms with Crippen molar-refractivity contribution in [3.63, 3.8) is 0 Å². The largest absolute Gasteiger partial charge is 0.348 e. The first-order chi connectivity index (χ1) is 12.9. The number of hydrogen-bond donors (Lipinski definition) is 2. The van der Waals surface area contributed by atoms with Crippen LogP contribution in [0.2, 0.25) is 0 Å². The van der Waals surface area contributed by atoms with E-state index in [1.54, 1.807) is 0 Å². The smallest absolute Gasteiger partial charge is 0.261 e. The van der Waals surface area contributed by atoms with Gasteiger partial charge in [-0.2, -0.15) is 0 Å². The molecule has 4 rings (SSSR count). The quantitative estimate of drug-likeness (QED) is 0.586. The van der Waals surface area contributed by atoms with Crippen LogP contribution in [-0.4, -0.2) is 15.5 Å². The molecule has 2 aromatic heterocycles. The van der Waals surface area contributed by atoms with Gasteiger partial charge in [-0.15, -0.1) is 0 Å². The van der Waals surface area contributed by atoms with Crippen LogP contribution in [-0.2, 0) is 13.6 Å². The van der Waals surface area contributed by atoms with Crippen molar-refractivity contribution in [1.82, 2.24) is 14.9 Å². The van der Waals surface area contributed by atoms with Gasteiger partial charge in [-0.1, -0.05) is 6.07 Å². The molecule has 0 saturated heterocycles. The minimum absolute atomic E-state index is 0.00532. The number of aromatic amines is 1. The molecule has 0 unspecified atom stereocenters. The van der Waals surface area contributed by atoms with Gasteiger partial charge in [0.25, 0.3) is 11.5 Å². The lowest BCUT2D eigenvalue weighted by Gasteiger charge is -2.07. The van der Waals surface area contributed by atoms with E-state index in [1.807, 2.05) is 32.2 Å². The third-order valence-electron chi connectivity index (χ3n) is 4.85. The number of nitrogens with one attached hydrogen (secondary N) is 2. The van der Waals surface area contributed by atoms with Crippen LogP contribution >= 0.6 is 0 Å². The van der Waals surface area contributed by atoms with Gasteiger partial charge in [0.15, 0.2) is 0 Å². The van der Waals surface area contributed by atoms with Crippen LogP contribution in [0.3, 0.4) is 0 Å². The van der Waals surface area contributed by atoms with Gasteiger partial charge in [0.2, 0.25) is 0 Å². The van der Waals surface area contributed by atoms with E-state index in [0.29, 0.717) is 17.4 Å². The summed E-state index contributed by atoms with van der Waals surface area (Å²) in [7, 11) is 2.01. The molecular formula is C21H18FN3O2. The first-order valence-electron chi connectivity index (χ1n) is 8.58. The highest BCUT2D eigenvalue weighted by Gasteiger charge is 2.12. The van der Waals surface area contributed by atoms with Crippen LogP contribution in [0.4, 0.5) is 4.39 Å². The fourth-order valence-corrected chi connectivity index (χ4v) is 3.27. The fourth-order valence-electron chi connectivity index (χ4n) is 3.27. The monoisotopic (exact) mass is 363 g/mol. The predicted molar refractivity (Wildman–Crippen MR) is 103 cm³/mol. The molecule has 0 spiro atoms. The number of amides is 1. The molecule has 2 aromatic carbocycles. The molecule has 0 bridgehead atoms. The highest BCUT2D eigenvalue weighted by atomic mass is 19.1. The van der Waals surface area contributed by atoms with Crippen molar-refractivity contribution in [2.24, 2.45) is 7.05 Å². The molecule has 0 radical (unpaired) electrons. The minimum atomic E-state index is -0.542. The van der Waals surface area contributed by atoms with Crippen molar-refractivity contribution in [2.45, 2.75) is 13.5 Å². The number of rotatable bonds is 3. The number of fused-ring (bicyclic) bond motifs is 2. The zero-order chi connectivity index (χ0) is 19.1. The van der Waals surface area contributed by atoms with Crippen LogP contribution in [0.5, 0.6) is 0 Å². The number of carbonyl (C=O) groups excluding carboxylic acids is 1. The van der Waals surface area contributed by atoms with E-state index in [4.69, 9.17) is 0 Å². The molecule has 0 atom stereocenters. The van der Waals surface area contributed by atoms with Gasteiger partial charge < -0.3 is 14.9 Å². The Morgan fingerprint density at radius 3 is 2.74 bits per heavy atom. The average molecular weight is 363 g/mol. The van der Waals surface area contributed by atoms with Gasteiger partial charge in [0.1, 0.15) is 11.4 Å². The van der Waals surface area contributed by atoms with E-state index in [2.05, 4.69) is 20.9 Å². The van der Waals surface area contributed by atoms with Gasteiger partial charge in [-0.25, -0.2) is 4.39 Å². The topological polar surface area (TPSA) is 66.9 Å². The third kappa shape index (κ3) is 3.10. The maximum absolute atomic E-state index is 13.3. The standard InChI is InChI=1S/C21H18FN3O2/c1-12-7-15-8-13(3-6-19(15)25(12)2)11-23-20(26)17-9-14-4-5-16(22)10-18(14)24-21(17)27/h3-10H,11H2,1-2H3,(H,23,26)(H,24,27). The molecule has 0 saturated carbocycles. The summed E-state index contributed by atoms with van der Waals surface area (Å²) in [4.78, 5) is 27.2. The maximum Gasteiger partial charge on any atom is 0.261 e. The first-order valence-corrected chi connectivity index (χ1v) is 8.58. The number of nitrogens with zero attached hydrogens (tertiary/aromatic N) is 1. The van der Waals surface area contributed by atoms with E-state index in [-0.39, 0.29) is 5.56 Å². The summed E-state index contributed by atoms with van der Waals surface area (Å²) in [6, 6.07) is 13.6. The number of pyridine rings is 1. The number of aromatic nitrogens is 2. The van der Waals surface area contributed by atoms with E-state index < -0.39 is 17.3 Å². The van der Waals surface area contributed by atoms with Crippen LogP contribution in [0.1, 0.15) is 21.6 Å². The Morgan fingerprint density at radius 1 is 1.11 bits per heavy atom. The highest BCUT2D eigenvalue weighted by Crippen LogP contribution is 2.20. The van der Waals surface area contributed by atoms with E-state index in [0.717, 1.165) is 22.2 Å². The fraction of sp³-hybridized carbons (Fsp3) is 0.143. The first kappa shape index (κ1) is 17.0. The van der Waals surface area contributed by atoms with Crippen LogP contribution in [0.25, 0.3) is 21.8 Å². The van der Waals surface area contributed by atoms with Gasteiger partial charge in [-0.05, 0) is 60.3 Å². The minimum Gasteiger partial charge on any atom is -0.348 e. The number of hydrogen-bond acceptors (Lipinski definition) is 2. The summed E-state index contributed by atoms with van der Waals surface area (Å²) in [5.74, 6) is -0.909. The molecule has 1 amide bonds. The molecular weight excluding hydrogens is 345 g/mol. The lowest BCUT2D eigenvalue weighted by atomic mass is 10.1. The Kier molecular flexibility index (Phi) is 4.03. The molecule has 136 valence electrons. The van der Waals surface area contributed by atoms with Crippen LogP contribution in [0, 0.1) is 12.7 Å². The maximum atomic E-state index is 13.3. The number of benzene rings is 2. The van der Waals surface area contributed by atoms with Crippen molar-refractivity contribution in [2.75, 3.05) is 0 Å². The zero-order valence-electron chi connectivity index (χ0n) is 15.0. The normalized spacial score (nSPS) is 11.2. The Bertz CT molecular complexity index is 1250. The van der Waals surface area contributed by atoms with Crippen LogP contribution in [0.15, 0.2) is 53.3 Å². The number of aryl methyl sites for hydroxylation is 2. The van der Waals surface area contributed by atoms with Gasteiger partial charge in [-0.3, -0.25) is 9.59 Å². The third-order valence-corrected chi connectivity index (χ3v) is 4.85. The van der Waals surface area contributed by atoms with Crippen molar-refractivity contribution in [3.05, 3.63) is 81.5 Å². The summed E-state index contributed by atoms with van der Waals surface area (Å²) in [6.45, 7) is 2.35. The van der Waals surface area contributed by atoms with Crippen molar-refractivity contribution < 1.29 is 9.18 Å². The second kappa shape index (κ2) is 6.39. The molecule has 0 aliphatic carbocycles. The van der Waals surface area contributed by atoms with Crippen molar-refractivity contribution >= 4 is 27.7 Å². The summed E-state index contributed by atoms with van der Waals surface area (Å²) >= 11 is 0. The highest BCUT2D eigenvalue weighted by molar-refractivity contribution is 5.97. The molecule has 0 fully saturated rings. The summed E-state index contributed by atoms with van der Waals surface area (Å²) < 4.78 is 15.4. The second-order valence-electron chi connectivity index (χ2n) is 6.66. The predicted octanol–water partition coefficient (Wildman–Crippen LogP) is 3.40. The molecule has 2 heterocycles. The van der Waals surface area contributed by atoms with Crippen molar-refractivity contribution in [1.29, 1.82) is 0 Å². The van der Waals surface area contributed by atoms with Gasteiger partial charge in [0, 0.05) is 30.2 Å². The molecule has 4 aromatic rings. The molecule has 27 heavy (non-hydrogen) atoms. The van der Waals surface area contributed by atoms with Crippen molar-refractivity contribution in [3.8, 4) is 0 Å². The number of H-pyrrole nitrogens is 1. The molecule has 2 N–H and O–H groups in total. The Hall–Kier alpha value is -3.41. The molecule has 6 heteroatoms. The lowest BCUT2D eigenvalue weighted by Crippen LogP contribution is -2.29. The SMILES string of the molecule is Cc1cc2cc(CNC(=O)c3cc4ccc(F)cc4[nH]c3=O)ccc2n1C. The zero-order valence-corrected chi connectivity index (χ0v) is 15.0. The molecule has 5 nitrogen and oxygen atoms in total. The number of halogens is 1. The molecule has 0 aliphatic heterocycles. The van der Waals surface area contributed by atoms with E-state index in [1.165, 1.54) is 24.3 Å². The Morgan fingerprint density at radius 2 is 1.93 bits per heavy atom. The van der Waals surface area contributed by atoms with Gasteiger partial charge >= 0.3 is 0 Å². The van der Waals surface area contributed by atoms with Gasteiger partial charge in [0.05, 0.1) is 5.52 Å². The summed E-state index contributed by atoms with van der Waals surface area (Å²) in [6.07, 6.45) is 0. The molecule has 0 aliphatic rings. The Labute approximate surface area is 154 Å². The summed E-state index contributed by atoms with van der Waals surface area (Å²) in [5, 5.41) is 4.48. The second-order valence-corrected chi connectivity index (χ2v) is 6.66. The number of carbonyl (C=O) groups is 1.